The fraction of sp³-hybridized carbons (Fsp3) is 0.516. The molecule has 1 unspecified atom stereocenters. The number of nitrogens with one attached hydrogen (secondary N) is 3. The summed E-state index contributed by atoms with van der Waals surface area (Å²) in [5.41, 5.74) is 0.965. The molecule has 1 saturated heterocycles. The van der Waals surface area contributed by atoms with Crippen molar-refractivity contribution in [1.82, 2.24) is 30.8 Å². The Morgan fingerprint density at radius 3 is 2.23 bits per heavy atom. The first-order chi connectivity index (χ1) is 20.9. The lowest BCUT2D eigenvalue weighted by atomic mass is 9.98. The molecule has 44 heavy (non-hydrogen) atoms. The molecule has 4 amide bonds. The predicted octanol–water partition coefficient (Wildman–Crippen LogP) is 1.54. The van der Waals surface area contributed by atoms with Crippen LogP contribution in [0.2, 0.25) is 0 Å². The molecule has 0 aliphatic carbocycles. The van der Waals surface area contributed by atoms with Crippen LogP contribution in [0.25, 0.3) is 0 Å². The number of carbonyl (C=O) groups excluding carboxylic acids is 4. The van der Waals surface area contributed by atoms with E-state index in [0.29, 0.717) is 0 Å². The highest BCUT2D eigenvalue weighted by Crippen LogP contribution is 2.25. The van der Waals surface area contributed by atoms with Gasteiger partial charge in [-0.15, -0.1) is 0 Å². The Kier molecular flexibility index (Phi) is 12.3. The number of hydrogen-bond donors (Lipinski definition) is 4. The largest absolute Gasteiger partial charge is 0.480 e. The molecule has 1 aliphatic heterocycles. The van der Waals surface area contributed by atoms with Crippen LogP contribution in [0.1, 0.15) is 63.5 Å². The summed E-state index contributed by atoms with van der Waals surface area (Å²) in [4.78, 5) is 74.4. The van der Waals surface area contributed by atoms with Gasteiger partial charge in [0, 0.05) is 25.4 Å². The summed E-state index contributed by atoms with van der Waals surface area (Å²) >= 11 is 0. The minimum atomic E-state index is -1.18. The Labute approximate surface area is 257 Å². The van der Waals surface area contributed by atoms with E-state index in [1.54, 1.807) is 34.6 Å². The zero-order chi connectivity index (χ0) is 32.4. The lowest BCUT2D eigenvalue weighted by Gasteiger charge is -2.32. The third-order valence-corrected chi connectivity index (χ3v) is 7.46. The van der Waals surface area contributed by atoms with Gasteiger partial charge in [0.2, 0.25) is 17.7 Å². The molecule has 2 aromatic rings. The second-order valence-electron chi connectivity index (χ2n) is 11.5. The number of carboxylic acids is 1. The lowest BCUT2D eigenvalue weighted by molar-refractivity contribution is -0.145. The minimum Gasteiger partial charge on any atom is -0.480 e. The van der Waals surface area contributed by atoms with Gasteiger partial charge >= 0.3 is 5.97 Å². The number of ether oxygens (including phenoxy) is 1. The van der Waals surface area contributed by atoms with Crippen molar-refractivity contribution in [3.63, 3.8) is 0 Å². The van der Waals surface area contributed by atoms with Gasteiger partial charge in [0.15, 0.2) is 0 Å². The Bertz CT molecular complexity index is 1290. The summed E-state index contributed by atoms with van der Waals surface area (Å²) in [5, 5.41) is 17.5. The van der Waals surface area contributed by atoms with Gasteiger partial charge in [0.25, 0.3) is 5.91 Å². The monoisotopic (exact) mass is 610 g/mol. The fourth-order valence-electron chi connectivity index (χ4n) is 4.91. The number of rotatable bonds is 14. The predicted molar refractivity (Wildman–Crippen MR) is 160 cm³/mol. The number of amides is 4. The van der Waals surface area contributed by atoms with Crippen molar-refractivity contribution in [2.75, 3.05) is 6.54 Å². The molecule has 2 heterocycles. The third-order valence-electron chi connectivity index (χ3n) is 7.46. The van der Waals surface area contributed by atoms with E-state index >= 15 is 0 Å². The third kappa shape index (κ3) is 9.06. The second kappa shape index (κ2) is 15.9. The molecule has 1 aromatic carbocycles. The number of nitrogens with zero attached hydrogens (tertiary/aromatic N) is 3. The van der Waals surface area contributed by atoms with Crippen LogP contribution < -0.4 is 16.0 Å². The molecule has 3 rings (SSSR count). The maximum atomic E-state index is 14.0. The quantitative estimate of drug-likeness (QED) is 0.247. The number of aliphatic carboxylic acids is 1. The molecule has 0 saturated carbocycles. The molecular weight excluding hydrogens is 568 g/mol. The van der Waals surface area contributed by atoms with Gasteiger partial charge in [0.1, 0.15) is 29.9 Å². The van der Waals surface area contributed by atoms with Crippen molar-refractivity contribution in [3.8, 4) is 0 Å². The first kappa shape index (κ1) is 34.1. The van der Waals surface area contributed by atoms with Gasteiger partial charge in [0.05, 0.1) is 18.9 Å². The van der Waals surface area contributed by atoms with E-state index in [2.05, 4.69) is 25.9 Å². The number of hydrogen-bond acceptors (Lipinski definition) is 8. The first-order valence-electron chi connectivity index (χ1n) is 14.8. The van der Waals surface area contributed by atoms with E-state index < -0.39 is 59.9 Å². The van der Waals surface area contributed by atoms with Crippen molar-refractivity contribution in [1.29, 1.82) is 0 Å². The van der Waals surface area contributed by atoms with Crippen molar-refractivity contribution < 1.29 is 33.8 Å². The zero-order valence-electron chi connectivity index (χ0n) is 25.7. The van der Waals surface area contributed by atoms with Gasteiger partial charge in [-0.3, -0.25) is 24.2 Å². The number of carboxylic acid groups (broad SMARTS) is 1. The van der Waals surface area contributed by atoms with Gasteiger partial charge < -0.3 is 30.7 Å². The van der Waals surface area contributed by atoms with Crippen molar-refractivity contribution in [2.24, 2.45) is 11.8 Å². The van der Waals surface area contributed by atoms with Crippen LogP contribution in [0.15, 0.2) is 48.9 Å². The van der Waals surface area contributed by atoms with Crippen molar-refractivity contribution in [3.05, 3.63) is 60.2 Å². The molecule has 238 valence electrons. The fourth-order valence-corrected chi connectivity index (χ4v) is 4.91. The molecule has 1 fully saturated rings. The van der Waals surface area contributed by atoms with Crippen LogP contribution in [-0.4, -0.2) is 86.4 Å². The van der Waals surface area contributed by atoms with Crippen LogP contribution in [-0.2, 0) is 30.5 Å². The highest BCUT2D eigenvalue weighted by atomic mass is 16.5. The maximum Gasteiger partial charge on any atom is 0.326 e. The summed E-state index contributed by atoms with van der Waals surface area (Å²) in [7, 11) is 0. The number of carbonyl (C=O) groups is 5. The summed E-state index contributed by atoms with van der Waals surface area (Å²) in [6.07, 6.45) is 3.89. The van der Waals surface area contributed by atoms with Crippen LogP contribution >= 0.6 is 0 Å². The van der Waals surface area contributed by atoms with Gasteiger partial charge in [-0.05, 0) is 23.8 Å². The number of benzene rings is 1. The summed E-state index contributed by atoms with van der Waals surface area (Å²) < 4.78 is 6.07. The average molecular weight is 611 g/mol. The first-order valence-corrected chi connectivity index (χ1v) is 14.8. The highest BCUT2D eigenvalue weighted by Gasteiger charge is 2.44. The molecular formula is C31H42N6O7. The molecule has 4 N–H and O–H groups in total. The van der Waals surface area contributed by atoms with Crippen LogP contribution in [0.4, 0.5) is 0 Å². The number of likely N-dealkylation sites (tertiary alicyclic amines) is 1. The Hall–Kier alpha value is -4.39. The van der Waals surface area contributed by atoms with E-state index in [-0.39, 0.29) is 43.5 Å². The molecule has 13 heteroatoms. The van der Waals surface area contributed by atoms with E-state index in [4.69, 9.17) is 4.74 Å². The van der Waals surface area contributed by atoms with Gasteiger partial charge in [-0.1, -0.05) is 65.0 Å². The summed E-state index contributed by atoms with van der Waals surface area (Å²) in [6, 6.07) is 5.30. The van der Waals surface area contributed by atoms with E-state index in [1.165, 1.54) is 23.5 Å². The summed E-state index contributed by atoms with van der Waals surface area (Å²) in [5.74, 6) is -4.17. The SMILES string of the molecule is CCC(NC(=O)[C@@H]1C[C@@H](OCc2ccccc2)CN1C(=O)[C@H](NC(=O)[C@H](NC(=O)c1cnccn1)C(C)C)C(C)C)C(=O)O. The molecule has 0 radical (unpaired) electrons. The van der Waals surface area contributed by atoms with E-state index in [9.17, 15) is 29.1 Å². The van der Waals surface area contributed by atoms with Crippen molar-refractivity contribution in [2.45, 2.75) is 84.3 Å². The Morgan fingerprint density at radius 1 is 0.977 bits per heavy atom. The topological polar surface area (TPSA) is 180 Å². The smallest absolute Gasteiger partial charge is 0.326 e. The molecule has 13 nitrogen and oxygen atoms in total. The van der Waals surface area contributed by atoms with Crippen LogP contribution in [0, 0.1) is 11.8 Å². The Morgan fingerprint density at radius 2 is 1.66 bits per heavy atom. The average Bonchev–Trinajstić information content (AvgIpc) is 3.44. The molecule has 1 aliphatic rings. The Balaban J connectivity index is 1.80. The van der Waals surface area contributed by atoms with E-state index in [0.717, 1.165) is 5.56 Å². The molecule has 1 aromatic heterocycles. The lowest BCUT2D eigenvalue weighted by Crippen LogP contribution is -2.59. The normalized spacial score (nSPS) is 18.4. The van der Waals surface area contributed by atoms with E-state index in [1.807, 2.05) is 30.3 Å². The van der Waals surface area contributed by atoms with Gasteiger partial charge in [-0.2, -0.15) is 0 Å². The second-order valence-corrected chi connectivity index (χ2v) is 11.5. The maximum absolute atomic E-state index is 14.0. The van der Waals surface area contributed by atoms with Crippen molar-refractivity contribution >= 4 is 29.6 Å². The van der Waals surface area contributed by atoms with Crippen LogP contribution in [0.5, 0.6) is 0 Å². The van der Waals surface area contributed by atoms with Crippen LogP contribution in [0.3, 0.4) is 0 Å². The standard InChI is InChI=1S/C31H42N6O7/c1-6-22(31(42)43)34-28(39)24-14-21(44-17-20-10-8-7-9-11-20)16-37(24)30(41)26(19(4)5)36-29(40)25(18(2)3)35-27(38)23-15-32-12-13-33-23/h7-13,15,18-19,21-22,24-26H,6,14,16-17H2,1-5H3,(H,34,39)(H,35,38)(H,36,40)(H,42,43)/t21-,22?,24+,25-,26-/m1/s1. The molecule has 0 spiro atoms. The minimum absolute atomic E-state index is 0.0432. The summed E-state index contributed by atoms with van der Waals surface area (Å²) in [6.45, 7) is 9.02. The number of aromatic nitrogens is 2. The molecule has 0 bridgehead atoms. The van der Waals surface area contributed by atoms with Gasteiger partial charge in [-0.25, -0.2) is 9.78 Å². The molecule has 5 atom stereocenters. The highest BCUT2D eigenvalue weighted by molar-refractivity contribution is 5.98. The zero-order valence-corrected chi connectivity index (χ0v) is 25.7.